The number of carbonyl (C=O) groups is 1. The van der Waals surface area contributed by atoms with Gasteiger partial charge in [0.25, 0.3) is 0 Å². The van der Waals surface area contributed by atoms with Crippen molar-refractivity contribution in [3.63, 3.8) is 0 Å². The smallest absolute Gasteiger partial charge is 0.222 e. The largest absolute Gasteiger partial charge is 0.461 e. The number of para-hydroxylation sites is 1. The van der Waals surface area contributed by atoms with Crippen LogP contribution in [0.1, 0.15) is 43.9 Å². The van der Waals surface area contributed by atoms with Gasteiger partial charge >= 0.3 is 0 Å². The fraction of sp³-hybridized carbons (Fsp3) is 0.526. The zero-order valence-electron chi connectivity index (χ0n) is 14.5. The Bertz CT molecular complexity index is 698. The van der Waals surface area contributed by atoms with Crippen LogP contribution in [0.4, 0.5) is 0 Å². The third-order valence-corrected chi connectivity index (χ3v) is 5.08. The number of amides is 1. The number of fused-ring (bicyclic) bond motifs is 1. The van der Waals surface area contributed by atoms with Crippen LogP contribution in [0.25, 0.3) is 11.0 Å². The molecule has 2 aromatic rings. The van der Waals surface area contributed by atoms with Crippen LogP contribution in [0, 0.1) is 5.92 Å². The highest BCUT2D eigenvalue weighted by Gasteiger charge is 2.27. The summed E-state index contributed by atoms with van der Waals surface area (Å²) < 4.78 is 5.92. The second-order valence-electron chi connectivity index (χ2n) is 6.66. The molecule has 1 aliphatic carbocycles. The molecule has 0 spiro atoms. The number of rotatable bonds is 5. The number of nitrogens with two attached hydrogens (primary N) is 1. The summed E-state index contributed by atoms with van der Waals surface area (Å²) in [5.74, 6) is 1.50. The Hall–Kier alpha value is -1.52. The molecule has 5 heteroatoms. The Balaban J connectivity index is 0.00000208. The Morgan fingerprint density at radius 3 is 2.75 bits per heavy atom. The lowest BCUT2D eigenvalue weighted by Gasteiger charge is -2.21. The van der Waals surface area contributed by atoms with Crippen molar-refractivity contribution in [1.29, 1.82) is 0 Å². The number of furan rings is 1. The summed E-state index contributed by atoms with van der Waals surface area (Å²) in [6.07, 6.45) is 4.67. The maximum atomic E-state index is 12.5. The highest BCUT2D eigenvalue weighted by atomic mass is 35.5. The van der Waals surface area contributed by atoms with E-state index >= 15 is 0 Å². The quantitative estimate of drug-likeness (QED) is 0.889. The van der Waals surface area contributed by atoms with E-state index in [4.69, 9.17) is 10.2 Å². The van der Waals surface area contributed by atoms with Gasteiger partial charge in [0.2, 0.25) is 5.91 Å². The number of benzene rings is 1. The number of hydrogen-bond donors (Lipinski definition) is 1. The first kappa shape index (κ1) is 18.8. The van der Waals surface area contributed by atoms with Gasteiger partial charge in [0.1, 0.15) is 11.3 Å². The van der Waals surface area contributed by atoms with Crippen molar-refractivity contribution >= 4 is 29.3 Å². The van der Waals surface area contributed by atoms with Crippen LogP contribution in [0.5, 0.6) is 0 Å². The van der Waals surface area contributed by atoms with E-state index < -0.39 is 0 Å². The molecule has 4 nitrogen and oxygen atoms in total. The number of hydrogen-bond acceptors (Lipinski definition) is 3. The molecule has 2 atom stereocenters. The van der Waals surface area contributed by atoms with Crippen molar-refractivity contribution in [3.05, 3.63) is 35.6 Å². The highest BCUT2D eigenvalue weighted by molar-refractivity contribution is 5.85. The molecule has 0 saturated heterocycles. The standard InChI is InChI=1S/C19H26N2O2.ClH/c1-3-17-15(14-8-4-5-10-18(14)23-17)12-21(2)19(22)11-13-7-6-9-16(13)20;/h4-5,8,10,13,16H,3,6-7,9,11-12,20H2,1-2H3;1H/t13-,16+;/m0./s1. The third kappa shape index (κ3) is 3.76. The zero-order chi connectivity index (χ0) is 16.4. The van der Waals surface area contributed by atoms with E-state index in [-0.39, 0.29) is 24.4 Å². The van der Waals surface area contributed by atoms with Gasteiger partial charge in [-0.3, -0.25) is 4.79 Å². The molecule has 2 N–H and O–H groups in total. The van der Waals surface area contributed by atoms with Crippen LogP contribution in [0.2, 0.25) is 0 Å². The molecule has 0 aliphatic heterocycles. The van der Waals surface area contributed by atoms with E-state index in [1.165, 1.54) is 0 Å². The van der Waals surface area contributed by atoms with Crippen molar-refractivity contribution in [3.8, 4) is 0 Å². The van der Waals surface area contributed by atoms with Gasteiger partial charge in [-0.15, -0.1) is 12.4 Å². The minimum absolute atomic E-state index is 0. The summed E-state index contributed by atoms with van der Waals surface area (Å²) in [6.45, 7) is 2.68. The summed E-state index contributed by atoms with van der Waals surface area (Å²) in [6, 6.07) is 8.23. The monoisotopic (exact) mass is 350 g/mol. The second-order valence-corrected chi connectivity index (χ2v) is 6.66. The first-order valence-corrected chi connectivity index (χ1v) is 8.59. The molecule has 1 amide bonds. The Labute approximate surface area is 149 Å². The molecule has 0 bridgehead atoms. The number of nitrogens with zero attached hydrogens (tertiary/aromatic N) is 1. The molecule has 3 rings (SSSR count). The topological polar surface area (TPSA) is 59.5 Å². The fourth-order valence-corrected chi connectivity index (χ4v) is 3.63. The minimum Gasteiger partial charge on any atom is -0.461 e. The molecule has 1 aromatic heterocycles. The predicted octanol–water partition coefficient (Wildman–Crippen LogP) is 3.89. The van der Waals surface area contributed by atoms with Crippen molar-refractivity contribution in [1.82, 2.24) is 4.90 Å². The summed E-state index contributed by atoms with van der Waals surface area (Å²) in [5.41, 5.74) is 8.13. The van der Waals surface area contributed by atoms with Crippen LogP contribution < -0.4 is 5.73 Å². The van der Waals surface area contributed by atoms with E-state index in [1.807, 2.05) is 30.1 Å². The Kier molecular flexibility index (Phi) is 6.30. The average molecular weight is 351 g/mol. The van der Waals surface area contributed by atoms with Crippen molar-refractivity contribution in [2.24, 2.45) is 11.7 Å². The lowest BCUT2D eigenvalue weighted by Crippen LogP contribution is -2.32. The normalized spacial score (nSPS) is 20.1. The maximum Gasteiger partial charge on any atom is 0.222 e. The molecular weight excluding hydrogens is 324 g/mol. The Morgan fingerprint density at radius 1 is 1.33 bits per heavy atom. The van der Waals surface area contributed by atoms with Gasteiger partial charge in [-0.1, -0.05) is 31.5 Å². The van der Waals surface area contributed by atoms with E-state index in [2.05, 4.69) is 13.0 Å². The average Bonchev–Trinajstić information content (AvgIpc) is 3.11. The van der Waals surface area contributed by atoms with Crippen LogP contribution in [-0.2, 0) is 17.8 Å². The molecule has 1 heterocycles. The summed E-state index contributed by atoms with van der Waals surface area (Å²) in [4.78, 5) is 14.4. The van der Waals surface area contributed by atoms with Crippen molar-refractivity contribution < 1.29 is 9.21 Å². The van der Waals surface area contributed by atoms with Crippen LogP contribution in [0.3, 0.4) is 0 Å². The molecular formula is C19H27ClN2O2. The summed E-state index contributed by atoms with van der Waals surface area (Å²) >= 11 is 0. The number of aryl methyl sites for hydroxylation is 1. The van der Waals surface area contributed by atoms with E-state index in [9.17, 15) is 4.79 Å². The third-order valence-electron chi connectivity index (χ3n) is 5.08. The predicted molar refractivity (Wildman–Crippen MR) is 99.2 cm³/mol. The molecule has 0 unspecified atom stereocenters. The van der Waals surface area contributed by atoms with Crippen LogP contribution in [0.15, 0.2) is 28.7 Å². The van der Waals surface area contributed by atoms with E-state index in [0.717, 1.165) is 48.0 Å². The molecule has 132 valence electrons. The van der Waals surface area contributed by atoms with E-state index in [1.54, 1.807) is 0 Å². The van der Waals surface area contributed by atoms with Gasteiger partial charge < -0.3 is 15.1 Å². The minimum atomic E-state index is 0. The molecule has 1 aliphatic rings. The fourth-order valence-electron chi connectivity index (χ4n) is 3.63. The van der Waals surface area contributed by atoms with Gasteiger partial charge in [0, 0.05) is 43.4 Å². The van der Waals surface area contributed by atoms with Crippen LogP contribution in [-0.4, -0.2) is 23.9 Å². The zero-order valence-corrected chi connectivity index (χ0v) is 15.3. The maximum absolute atomic E-state index is 12.5. The molecule has 1 aromatic carbocycles. The first-order chi connectivity index (χ1) is 11.1. The van der Waals surface area contributed by atoms with Crippen molar-refractivity contribution in [2.75, 3.05) is 7.05 Å². The van der Waals surface area contributed by atoms with Gasteiger partial charge in [-0.2, -0.15) is 0 Å². The highest BCUT2D eigenvalue weighted by Crippen LogP contribution is 2.29. The molecule has 1 fully saturated rings. The number of halogens is 1. The van der Waals surface area contributed by atoms with Crippen LogP contribution >= 0.6 is 12.4 Å². The van der Waals surface area contributed by atoms with Gasteiger partial charge in [-0.25, -0.2) is 0 Å². The van der Waals surface area contributed by atoms with Gasteiger partial charge in [-0.05, 0) is 24.8 Å². The lowest BCUT2D eigenvalue weighted by molar-refractivity contribution is -0.131. The molecule has 0 radical (unpaired) electrons. The number of carbonyl (C=O) groups excluding carboxylic acids is 1. The Morgan fingerprint density at radius 2 is 2.08 bits per heavy atom. The second kappa shape index (κ2) is 8.04. The van der Waals surface area contributed by atoms with Gasteiger partial charge in [0.05, 0.1) is 0 Å². The van der Waals surface area contributed by atoms with Gasteiger partial charge in [0.15, 0.2) is 0 Å². The SMILES string of the molecule is CCc1oc2ccccc2c1CN(C)C(=O)C[C@@H]1CCC[C@H]1N.Cl. The molecule has 24 heavy (non-hydrogen) atoms. The summed E-state index contributed by atoms with van der Waals surface area (Å²) in [5, 5.41) is 1.11. The van der Waals surface area contributed by atoms with E-state index in [0.29, 0.717) is 18.9 Å². The first-order valence-electron chi connectivity index (χ1n) is 8.59. The molecule has 1 saturated carbocycles. The van der Waals surface area contributed by atoms with Crippen molar-refractivity contribution in [2.45, 2.75) is 51.6 Å². The summed E-state index contributed by atoms with van der Waals surface area (Å²) in [7, 11) is 1.88. The lowest BCUT2D eigenvalue weighted by atomic mass is 9.99.